The Balaban J connectivity index is 2.77. The number of carboxylic acid groups (broad SMARTS) is 1. The van der Waals surface area contributed by atoms with Crippen molar-refractivity contribution in [1.82, 2.24) is 5.32 Å². The summed E-state index contributed by atoms with van der Waals surface area (Å²) in [5, 5.41) is 20.7. The lowest BCUT2D eigenvalue weighted by Gasteiger charge is -2.21. The Hall–Kier alpha value is -2.68. The Bertz CT molecular complexity index is 528. The summed E-state index contributed by atoms with van der Waals surface area (Å²) < 4.78 is 0. The number of hydrogen-bond acceptors (Lipinski definition) is 3. The number of hydrogen-bond donors (Lipinski definition) is 3. The van der Waals surface area contributed by atoms with E-state index in [9.17, 15) is 14.7 Å². The van der Waals surface area contributed by atoms with E-state index in [0.717, 1.165) is 4.90 Å². The molecule has 0 heterocycles. The molecule has 2 amide bonds. The molecule has 0 unspecified atom stereocenters. The number of phenolic OH excluding ortho intramolecular Hbond substituents is 1. The highest BCUT2D eigenvalue weighted by Gasteiger charge is 2.18. The number of phenols is 1. The predicted molar refractivity (Wildman–Crippen MR) is 74.6 cm³/mol. The van der Waals surface area contributed by atoms with Gasteiger partial charge in [0.1, 0.15) is 12.3 Å². The number of rotatable bonds is 5. The van der Waals surface area contributed by atoms with E-state index in [4.69, 9.17) is 5.11 Å². The summed E-state index contributed by atoms with van der Waals surface area (Å²) in [6.07, 6.45) is 0.499. The van der Waals surface area contributed by atoms with Crippen molar-refractivity contribution >= 4 is 17.7 Å². The molecule has 0 aromatic heterocycles. The Morgan fingerprint density at radius 2 is 1.95 bits per heavy atom. The number of nitrogens with zero attached hydrogens (tertiary/aromatic N) is 1. The van der Waals surface area contributed by atoms with E-state index in [1.165, 1.54) is 24.3 Å². The van der Waals surface area contributed by atoms with Crippen molar-refractivity contribution in [2.75, 3.05) is 18.0 Å². The minimum Gasteiger partial charge on any atom is -0.508 e. The average molecular weight is 276 g/mol. The number of anilines is 1. The molecule has 0 spiro atoms. The van der Waals surface area contributed by atoms with E-state index in [0.29, 0.717) is 18.7 Å². The van der Waals surface area contributed by atoms with Crippen molar-refractivity contribution in [3.05, 3.63) is 24.3 Å². The van der Waals surface area contributed by atoms with E-state index in [1.807, 2.05) is 0 Å². The summed E-state index contributed by atoms with van der Waals surface area (Å²) in [6, 6.07) is 5.21. The first kappa shape index (κ1) is 15.4. The zero-order chi connectivity index (χ0) is 15.0. The highest BCUT2D eigenvalue weighted by Crippen LogP contribution is 2.18. The van der Waals surface area contributed by atoms with Gasteiger partial charge in [0.2, 0.25) is 0 Å². The lowest BCUT2D eigenvalue weighted by molar-refractivity contribution is -0.135. The minimum absolute atomic E-state index is 0.0441. The highest BCUT2D eigenvalue weighted by atomic mass is 16.4. The fraction of sp³-hybridized carbons (Fsp3) is 0.286. The molecule has 0 atom stereocenters. The summed E-state index contributed by atoms with van der Waals surface area (Å²) in [7, 11) is 0. The summed E-state index contributed by atoms with van der Waals surface area (Å²) >= 11 is 0. The van der Waals surface area contributed by atoms with Gasteiger partial charge < -0.3 is 15.5 Å². The molecule has 3 N–H and O–H groups in total. The van der Waals surface area contributed by atoms with Crippen LogP contribution in [-0.4, -0.2) is 35.3 Å². The molecular weight excluding hydrogens is 260 g/mol. The van der Waals surface area contributed by atoms with Gasteiger partial charge in [-0.25, -0.2) is 4.79 Å². The highest BCUT2D eigenvalue weighted by molar-refractivity contribution is 5.96. The largest absolute Gasteiger partial charge is 0.508 e. The molecular formula is C14H16N2O4. The van der Waals surface area contributed by atoms with Crippen LogP contribution in [0.2, 0.25) is 0 Å². The number of amides is 2. The van der Waals surface area contributed by atoms with Gasteiger partial charge in [0.05, 0.1) is 0 Å². The Morgan fingerprint density at radius 3 is 2.50 bits per heavy atom. The molecule has 1 aromatic rings. The van der Waals surface area contributed by atoms with Crippen molar-refractivity contribution in [3.8, 4) is 17.6 Å². The van der Waals surface area contributed by atoms with E-state index in [-0.39, 0.29) is 5.75 Å². The number of aliphatic carboxylic acids is 1. The van der Waals surface area contributed by atoms with Gasteiger partial charge in [0.15, 0.2) is 0 Å². The van der Waals surface area contributed by atoms with E-state index < -0.39 is 18.5 Å². The van der Waals surface area contributed by atoms with Crippen LogP contribution in [0.4, 0.5) is 10.5 Å². The lowest BCUT2D eigenvalue weighted by atomic mass is 10.2. The quantitative estimate of drug-likeness (QED) is 0.560. The van der Waals surface area contributed by atoms with Gasteiger partial charge in [-0.1, -0.05) is 0 Å². The molecule has 1 aromatic carbocycles. The predicted octanol–water partition coefficient (Wildman–Crippen LogP) is 1.41. The molecule has 0 aliphatic rings. The topological polar surface area (TPSA) is 89.9 Å². The number of nitrogens with one attached hydrogen (secondary N) is 1. The first-order valence-electron chi connectivity index (χ1n) is 6.00. The zero-order valence-electron chi connectivity index (χ0n) is 11.1. The third kappa shape index (κ3) is 4.90. The minimum atomic E-state index is -1.12. The van der Waals surface area contributed by atoms with E-state index in [1.54, 1.807) is 6.92 Å². The maximum atomic E-state index is 12.0. The Labute approximate surface area is 117 Å². The standard InChI is InChI=1S/C14H16N2O4/c1-2-3-4-9-15-14(20)16(10-13(18)19)11-5-7-12(17)8-6-11/h5-8,17H,4,9-10H2,1H3,(H,15,20)(H,18,19). The van der Waals surface area contributed by atoms with Crippen molar-refractivity contribution in [2.24, 2.45) is 0 Å². The second-order valence-corrected chi connectivity index (χ2v) is 3.90. The maximum Gasteiger partial charge on any atom is 0.323 e. The van der Waals surface area contributed by atoms with Crippen molar-refractivity contribution in [2.45, 2.75) is 13.3 Å². The number of benzene rings is 1. The molecule has 0 bridgehead atoms. The number of urea groups is 1. The van der Waals surface area contributed by atoms with E-state index >= 15 is 0 Å². The van der Waals surface area contributed by atoms with Crippen molar-refractivity contribution < 1.29 is 19.8 Å². The molecule has 0 saturated carbocycles. The van der Waals surface area contributed by atoms with Crippen molar-refractivity contribution in [3.63, 3.8) is 0 Å². The zero-order valence-corrected chi connectivity index (χ0v) is 11.1. The molecule has 0 fully saturated rings. The van der Waals surface area contributed by atoms with Crippen LogP contribution in [0, 0.1) is 11.8 Å². The monoisotopic (exact) mass is 276 g/mol. The Kier molecular flexibility index (Phi) is 5.91. The van der Waals surface area contributed by atoms with Gasteiger partial charge in [0, 0.05) is 18.7 Å². The fourth-order valence-electron chi connectivity index (χ4n) is 1.50. The van der Waals surface area contributed by atoms with Crippen LogP contribution in [-0.2, 0) is 4.79 Å². The molecule has 20 heavy (non-hydrogen) atoms. The summed E-state index contributed by atoms with van der Waals surface area (Å²) in [5.41, 5.74) is 0.393. The van der Waals surface area contributed by atoms with Crippen LogP contribution in [0.1, 0.15) is 13.3 Å². The fourth-order valence-corrected chi connectivity index (χ4v) is 1.50. The normalized spacial score (nSPS) is 9.25. The maximum absolute atomic E-state index is 12.0. The van der Waals surface area contributed by atoms with E-state index in [2.05, 4.69) is 17.2 Å². The molecule has 6 heteroatoms. The second-order valence-electron chi connectivity index (χ2n) is 3.90. The van der Waals surface area contributed by atoms with Crippen molar-refractivity contribution in [1.29, 1.82) is 0 Å². The molecule has 0 saturated heterocycles. The number of carbonyl (C=O) groups excluding carboxylic acids is 1. The van der Waals surface area contributed by atoms with Crippen LogP contribution >= 0.6 is 0 Å². The number of carbonyl (C=O) groups is 2. The van der Waals surface area contributed by atoms with Gasteiger partial charge >= 0.3 is 12.0 Å². The van der Waals surface area contributed by atoms with Gasteiger partial charge in [-0.05, 0) is 31.2 Å². The van der Waals surface area contributed by atoms with Gasteiger partial charge in [-0.3, -0.25) is 9.69 Å². The molecule has 0 radical (unpaired) electrons. The Morgan fingerprint density at radius 1 is 1.30 bits per heavy atom. The molecule has 0 aliphatic heterocycles. The van der Waals surface area contributed by atoms with Crippen LogP contribution in [0.5, 0.6) is 5.75 Å². The molecule has 1 rings (SSSR count). The van der Waals surface area contributed by atoms with Crippen LogP contribution in [0.15, 0.2) is 24.3 Å². The number of aromatic hydroxyl groups is 1. The molecule has 0 aliphatic carbocycles. The molecule has 106 valence electrons. The van der Waals surface area contributed by atoms with Gasteiger partial charge in [-0.2, -0.15) is 0 Å². The lowest BCUT2D eigenvalue weighted by Crippen LogP contribution is -2.43. The first-order valence-corrected chi connectivity index (χ1v) is 6.00. The number of carboxylic acids is 1. The molecule has 6 nitrogen and oxygen atoms in total. The smallest absolute Gasteiger partial charge is 0.323 e. The third-order valence-corrected chi connectivity index (χ3v) is 2.40. The SMILES string of the molecule is CC#CCCNC(=O)N(CC(=O)O)c1ccc(O)cc1. The van der Waals surface area contributed by atoms with Gasteiger partial charge in [0.25, 0.3) is 0 Å². The van der Waals surface area contributed by atoms with Gasteiger partial charge in [-0.15, -0.1) is 11.8 Å². The summed E-state index contributed by atoms with van der Waals surface area (Å²) in [6.45, 7) is 1.58. The summed E-state index contributed by atoms with van der Waals surface area (Å²) in [4.78, 5) is 23.9. The van der Waals surface area contributed by atoms with Crippen LogP contribution in [0.25, 0.3) is 0 Å². The first-order chi connectivity index (χ1) is 9.54. The average Bonchev–Trinajstić information content (AvgIpc) is 2.42. The second kappa shape index (κ2) is 7.69. The third-order valence-electron chi connectivity index (χ3n) is 2.40. The van der Waals surface area contributed by atoms with Crippen LogP contribution in [0.3, 0.4) is 0 Å². The summed E-state index contributed by atoms with van der Waals surface area (Å²) in [5.74, 6) is 4.42. The van der Waals surface area contributed by atoms with Crippen LogP contribution < -0.4 is 10.2 Å².